The molecule has 0 rings (SSSR count). The third-order valence-corrected chi connectivity index (χ3v) is 12.0. The van der Waals surface area contributed by atoms with Crippen molar-refractivity contribution in [1.29, 1.82) is 0 Å². The second-order valence-corrected chi connectivity index (χ2v) is 18.3. The maximum absolute atomic E-state index is 12.3. The van der Waals surface area contributed by atoms with Crippen molar-refractivity contribution >= 4 is 11.9 Å². The average molecular weight is 893 g/mol. The highest BCUT2D eigenvalue weighted by atomic mass is 16.6. The summed E-state index contributed by atoms with van der Waals surface area (Å²) in [5.74, 6) is -0.592. The fourth-order valence-corrected chi connectivity index (χ4v) is 7.91. The van der Waals surface area contributed by atoms with E-state index in [1.165, 1.54) is 161 Å². The van der Waals surface area contributed by atoms with Gasteiger partial charge in [-0.25, -0.2) is 0 Å². The van der Waals surface area contributed by atoms with Crippen molar-refractivity contribution in [1.82, 2.24) is 0 Å². The summed E-state index contributed by atoms with van der Waals surface area (Å²) in [6.07, 6.45) is 74.4. The van der Waals surface area contributed by atoms with Gasteiger partial charge in [-0.1, -0.05) is 267 Å². The molecule has 0 spiro atoms. The minimum absolute atomic E-state index is 0.0689. The van der Waals surface area contributed by atoms with Crippen LogP contribution in [-0.2, 0) is 19.1 Å². The third kappa shape index (κ3) is 52.0. The lowest BCUT2D eigenvalue weighted by Crippen LogP contribution is -2.28. The Morgan fingerprint density at radius 3 is 1.02 bits per heavy atom. The Hall–Kier alpha value is -2.66. The van der Waals surface area contributed by atoms with Crippen molar-refractivity contribution in [3.63, 3.8) is 0 Å². The Morgan fingerprint density at radius 2 is 0.672 bits per heavy atom. The normalized spacial score (nSPS) is 12.7. The van der Waals surface area contributed by atoms with Crippen LogP contribution in [-0.4, -0.2) is 36.4 Å². The summed E-state index contributed by atoms with van der Waals surface area (Å²) in [6, 6.07) is 0. The number of rotatable bonds is 50. The lowest BCUT2D eigenvalue weighted by Gasteiger charge is -2.15. The standard InChI is InChI=1S/C59H104O5/c1-3-5-7-9-11-13-15-17-19-21-23-25-27-28-29-30-32-34-36-38-40-42-44-46-48-50-52-54-59(62)64-57(55-60)56-63-58(61)53-51-49-47-45-43-41-39-37-35-33-31-26-24-22-20-18-16-14-12-10-8-6-4-2/h5,7,11,13,17,19,23,25,28-29,32,34,57,60H,3-4,6,8-10,12,14-16,18,20-22,24,26-27,30-31,33,35-56H2,1-2H3/b7-5-,13-11-,19-17-,25-23-,29-28-,34-32-. The van der Waals surface area contributed by atoms with Crippen LogP contribution in [0.25, 0.3) is 0 Å². The van der Waals surface area contributed by atoms with Crippen LogP contribution < -0.4 is 0 Å². The first-order chi connectivity index (χ1) is 31.6. The van der Waals surface area contributed by atoms with Crippen LogP contribution >= 0.6 is 0 Å². The van der Waals surface area contributed by atoms with E-state index in [4.69, 9.17) is 9.47 Å². The maximum atomic E-state index is 12.3. The van der Waals surface area contributed by atoms with Gasteiger partial charge in [0, 0.05) is 12.8 Å². The molecule has 5 heteroatoms. The summed E-state index contributed by atoms with van der Waals surface area (Å²) in [5, 5.41) is 9.65. The summed E-state index contributed by atoms with van der Waals surface area (Å²) in [5.41, 5.74) is 0. The average Bonchev–Trinajstić information content (AvgIpc) is 3.30. The SMILES string of the molecule is CC/C=C\C/C=C\C/C=C\C/C=C\C/C=C\C/C=C\CCCCCCCCCCC(=O)OC(CO)COC(=O)CCCCCCCCCCCCCCCCCCCCCCCCC. The fraction of sp³-hybridized carbons (Fsp3) is 0.763. The van der Waals surface area contributed by atoms with Crippen LogP contribution in [0.3, 0.4) is 0 Å². The van der Waals surface area contributed by atoms with E-state index in [9.17, 15) is 14.7 Å². The summed E-state index contributed by atoms with van der Waals surface area (Å²) >= 11 is 0. The Kier molecular flexibility index (Phi) is 52.4. The number of aliphatic hydroxyl groups excluding tert-OH is 1. The Morgan fingerprint density at radius 1 is 0.375 bits per heavy atom. The molecule has 0 radical (unpaired) electrons. The summed E-state index contributed by atoms with van der Waals surface area (Å²) < 4.78 is 10.7. The summed E-state index contributed by atoms with van der Waals surface area (Å²) in [7, 11) is 0. The Balaban J connectivity index is 3.52. The molecule has 1 atom stereocenters. The zero-order chi connectivity index (χ0) is 46.3. The van der Waals surface area contributed by atoms with Crippen LogP contribution in [0.4, 0.5) is 0 Å². The van der Waals surface area contributed by atoms with Crippen molar-refractivity contribution in [3.05, 3.63) is 72.9 Å². The van der Waals surface area contributed by atoms with E-state index >= 15 is 0 Å². The summed E-state index contributed by atoms with van der Waals surface area (Å²) in [4.78, 5) is 24.5. The van der Waals surface area contributed by atoms with Crippen molar-refractivity contribution in [2.75, 3.05) is 13.2 Å². The van der Waals surface area contributed by atoms with Gasteiger partial charge in [0.25, 0.3) is 0 Å². The van der Waals surface area contributed by atoms with Crippen molar-refractivity contribution in [3.8, 4) is 0 Å². The van der Waals surface area contributed by atoms with E-state index in [2.05, 4.69) is 86.8 Å². The number of hydrogen-bond acceptors (Lipinski definition) is 5. The lowest BCUT2D eigenvalue weighted by atomic mass is 10.0. The molecule has 0 aromatic rings. The molecule has 0 fully saturated rings. The molecule has 0 saturated heterocycles. The van der Waals surface area contributed by atoms with Crippen molar-refractivity contribution in [2.24, 2.45) is 0 Å². The van der Waals surface area contributed by atoms with Gasteiger partial charge in [-0.15, -0.1) is 0 Å². The highest BCUT2D eigenvalue weighted by Gasteiger charge is 2.16. The highest BCUT2D eigenvalue weighted by Crippen LogP contribution is 2.17. The topological polar surface area (TPSA) is 72.8 Å². The minimum Gasteiger partial charge on any atom is -0.462 e. The molecule has 0 aliphatic rings. The number of allylic oxidation sites excluding steroid dienone is 12. The first-order valence-corrected chi connectivity index (χ1v) is 27.5. The molecule has 0 aromatic carbocycles. The molecule has 370 valence electrons. The number of carbonyl (C=O) groups is 2. The molecule has 0 heterocycles. The number of unbranched alkanes of at least 4 members (excludes halogenated alkanes) is 30. The molecule has 0 amide bonds. The van der Waals surface area contributed by atoms with Gasteiger partial charge in [-0.3, -0.25) is 9.59 Å². The Bertz CT molecular complexity index is 1150. The molecule has 0 saturated carbocycles. The summed E-state index contributed by atoms with van der Waals surface area (Å²) in [6.45, 7) is 4.05. The third-order valence-electron chi connectivity index (χ3n) is 12.0. The number of hydrogen-bond donors (Lipinski definition) is 1. The molecule has 1 unspecified atom stereocenters. The van der Waals surface area contributed by atoms with E-state index < -0.39 is 6.10 Å². The van der Waals surface area contributed by atoms with Gasteiger partial charge in [-0.05, 0) is 64.2 Å². The van der Waals surface area contributed by atoms with Crippen LogP contribution in [0, 0.1) is 0 Å². The maximum Gasteiger partial charge on any atom is 0.306 e. The lowest BCUT2D eigenvalue weighted by molar-refractivity contribution is -0.161. The first-order valence-electron chi connectivity index (χ1n) is 27.5. The van der Waals surface area contributed by atoms with Crippen LogP contribution in [0.15, 0.2) is 72.9 Å². The van der Waals surface area contributed by atoms with E-state index in [0.717, 1.165) is 83.5 Å². The van der Waals surface area contributed by atoms with Gasteiger partial charge in [0.2, 0.25) is 0 Å². The van der Waals surface area contributed by atoms with Gasteiger partial charge >= 0.3 is 11.9 Å². The smallest absolute Gasteiger partial charge is 0.306 e. The molecule has 0 aromatic heterocycles. The zero-order valence-corrected chi connectivity index (χ0v) is 42.3. The number of carbonyl (C=O) groups excluding carboxylic acids is 2. The first kappa shape index (κ1) is 61.3. The molecule has 5 nitrogen and oxygen atoms in total. The molecule has 0 aliphatic heterocycles. The van der Waals surface area contributed by atoms with E-state index in [1.54, 1.807) is 0 Å². The van der Waals surface area contributed by atoms with Gasteiger partial charge in [0.1, 0.15) is 6.61 Å². The predicted octanol–water partition coefficient (Wildman–Crippen LogP) is 18.4. The molecule has 1 N–H and O–H groups in total. The molecule has 64 heavy (non-hydrogen) atoms. The van der Waals surface area contributed by atoms with E-state index in [-0.39, 0.29) is 25.2 Å². The molecular weight excluding hydrogens is 789 g/mol. The Labute approximate surface area is 397 Å². The second kappa shape index (κ2) is 54.7. The van der Waals surface area contributed by atoms with Gasteiger partial charge in [0.15, 0.2) is 6.10 Å². The largest absolute Gasteiger partial charge is 0.462 e. The van der Waals surface area contributed by atoms with E-state index in [1.807, 2.05) is 0 Å². The van der Waals surface area contributed by atoms with Crippen LogP contribution in [0.5, 0.6) is 0 Å². The molecule has 0 aliphatic carbocycles. The zero-order valence-electron chi connectivity index (χ0n) is 42.3. The number of aliphatic hydroxyl groups is 1. The quantitative estimate of drug-likeness (QED) is 0.0374. The van der Waals surface area contributed by atoms with Gasteiger partial charge < -0.3 is 14.6 Å². The molecule has 0 bridgehead atoms. The van der Waals surface area contributed by atoms with Gasteiger partial charge in [0.05, 0.1) is 6.61 Å². The number of esters is 2. The molecular formula is C59H104O5. The highest BCUT2D eigenvalue weighted by molar-refractivity contribution is 5.70. The van der Waals surface area contributed by atoms with Crippen molar-refractivity contribution < 1.29 is 24.2 Å². The predicted molar refractivity (Wildman–Crippen MR) is 279 cm³/mol. The van der Waals surface area contributed by atoms with Crippen molar-refractivity contribution in [2.45, 2.75) is 277 Å². The van der Waals surface area contributed by atoms with Crippen LogP contribution in [0.1, 0.15) is 271 Å². The van der Waals surface area contributed by atoms with Gasteiger partial charge in [-0.2, -0.15) is 0 Å². The fourth-order valence-electron chi connectivity index (χ4n) is 7.91. The van der Waals surface area contributed by atoms with E-state index in [0.29, 0.717) is 12.8 Å². The second-order valence-electron chi connectivity index (χ2n) is 18.3. The van der Waals surface area contributed by atoms with Crippen LogP contribution in [0.2, 0.25) is 0 Å². The minimum atomic E-state index is -0.779. The monoisotopic (exact) mass is 893 g/mol. The number of ether oxygens (including phenoxy) is 2.